The molecule has 5 aliphatic carbocycles. The van der Waals surface area contributed by atoms with Crippen LogP contribution >= 0.6 is 0 Å². The summed E-state index contributed by atoms with van der Waals surface area (Å²) in [5.41, 5.74) is 1.78. The lowest BCUT2D eigenvalue weighted by Crippen LogP contribution is -2.67. The largest absolute Gasteiger partial charge is 0.469 e. The highest BCUT2D eigenvalue weighted by molar-refractivity contribution is 5.78. The van der Waals surface area contributed by atoms with Crippen molar-refractivity contribution in [1.82, 2.24) is 0 Å². The first kappa shape index (κ1) is 24.8. The molecule has 0 amide bonds. The summed E-state index contributed by atoms with van der Waals surface area (Å²) in [5.74, 6) is 2.72. The number of hydrogen-bond donors (Lipinski definition) is 1. The van der Waals surface area contributed by atoms with Crippen molar-refractivity contribution in [2.75, 3.05) is 7.11 Å². The van der Waals surface area contributed by atoms with Gasteiger partial charge in [-0.1, -0.05) is 46.8 Å². The lowest BCUT2D eigenvalue weighted by atomic mass is 9.32. The minimum absolute atomic E-state index is 0.00478. The van der Waals surface area contributed by atoms with E-state index in [0.29, 0.717) is 35.0 Å². The van der Waals surface area contributed by atoms with Crippen molar-refractivity contribution < 1.29 is 14.6 Å². The summed E-state index contributed by atoms with van der Waals surface area (Å²) in [6, 6.07) is 0. The van der Waals surface area contributed by atoms with Crippen molar-refractivity contribution in [1.29, 1.82) is 0 Å². The number of aliphatic hydroxyl groups is 1. The molecular formula is C31H50O3. The van der Waals surface area contributed by atoms with E-state index in [1.165, 1.54) is 31.3 Å². The van der Waals surface area contributed by atoms with E-state index in [4.69, 9.17) is 4.74 Å². The topological polar surface area (TPSA) is 46.5 Å². The van der Waals surface area contributed by atoms with Gasteiger partial charge in [-0.3, -0.25) is 4.79 Å². The van der Waals surface area contributed by atoms with Crippen LogP contribution in [-0.4, -0.2) is 24.3 Å². The predicted molar refractivity (Wildman–Crippen MR) is 137 cm³/mol. The van der Waals surface area contributed by atoms with E-state index in [1.807, 2.05) is 0 Å². The number of ether oxygens (including phenoxy) is 1. The maximum Gasteiger partial charge on any atom is 0.312 e. The predicted octanol–water partition coefficient (Wildman–Crippen LogP) is 7.18. The van der Waals surface area contributed by atoms with Crippen molar-refractivity contribution >= 4 is 5.97 Å². The van der Waals surface area contributed by atoms with Gasteiger partial charge < -0.3 is 9.84 Å². The van der Waals surface area contributed by atoms with Crippen LogP contribution in [-0.2, 0) is 9.53 Å². The Morgan fingerprint density at radius 3 is 2.21 bits per heavy atom. The van der Waals surface area contributed by atoms with Crippen LogP contribution in [0.4, 0.5) is 0 Å². The lowest BCUT2D eigenvalue weighted by Gasteiger charge is -2.72. The minimum Gasteiger partial charge on any atom is -0.469 e. The molecule has 0 heterocycles. The fourth-order valence-electron chi connectivity index (χ4n) is 11.7. The van der Waals surface area contributed by atoms with Gasteiger partial charge in [0.2, 0.25) is 0 Å². The van der Waals surface area contributed by atoms with Gasteiger partial charge in [0.1, 0.15) is 0 Å². The van der Waals surface area contributed by atoms with E-state index in [2.05, 4.69) is 48.1 Å². The van der Waals surface area contributed by atoms with Gasteiger partial charge in [-0.15, -0.1) is 0 Å². The fourth-order valence-corrected chi connectivity index (χ4v) is 11.7. The molecule has 0 unspecified atom stereocenters. The van der Waals surface area contributed by atoms with Crippen LogP contribution < -0.4 is 0 Å². The molecule has 0 spiro atoms. The zero-order valence-corrected chi connectivity index (χ0v) is 23.0. The van der Waals surface area contributed by atoms with E-state index in [9.17, 15) is 9.90 Å². The Morgan fingerprint density at radius 2 is 1.56 bits per heavy atom. The van der Waals surface area contributed by atoms with Gasteiger partial charge in [0.25, 0.3) is 0 Å². The molecule has 34 heavy (non-hydrogen) atoms. The van der Waals surface area contributed by atoms with Gasteiger partial charge in [-0.2, -0.15) is 0 Å². The number of aliphatic hydroxyl groups excluding tert-OH is 1. The van der Waals surface area contributed by atoms with Crippen molar-refractivity contribution in [3.63, 3.8) is 0 Å². The molecule has 192 valence electrons. The summed E-state index contributed by atoms with van der Waals surface area (Å²) >= 11 is 0. The highest BCUT2D eigenvalue weighted by Crippen LogP contribution is 2.77. The molecule has 0 radical (unpaired) electrons. The maximum atomic E-state index is 13.3. The summed E-state index contributed by atoms with van der Waals surface area (Å²) < 4.78 is 5.49. The van der Waals surface area contributed by atoms with Crippen LogP contribution in [0, 0.1) is 56.7 Å². The third-order valence-corrected chi connectivity index (χ3v) is 13.6. The Morgan fingerprint density at radius 1 is 0.853 bits per heavy atom. The van der Waals surface area contributed by atoms with Crippen LogP contribution in [0.2, 0.25) is 0 Å². The first-order chi connectivity index (χ1) is 15.8. The lowest BCUT2D eigenvalue weighted by molar-refractivity contribution is -0.248. The molecular weight excluding hydrogens is 420 g/mol. The normalized spacial score (nSPS) is 53.6. The number of fused-ring (bicyclic) bond motifs is 7. The first-order valence-electron chi connectivity index (χ1n) is 14.2. The molecule has 1 N–H and O–H groups in total. The standard InChI is InChI=1S/C31H50O3/c1-19(2)20-11-16-31(26(33)34-8)18-17-29(6)21(25(20)31)9-10-23-28(5)14-13-24(32)27(3,4)22(28)12-15-30(23,29)7/h20-25,32H,1,9-18H2,2-8H3/t20-,21-,22+,23+,24-,25+,28-,29-,30-,31+/m1/s1. The molecule has 0 bridgehead atoms. The molecule has 0 aromatic rings. The number of allylic oxidation sites excluding steroid dienone is 1. The Labute approximate surface area is 208 Å². The third kappa shape index (κ3) is 2.83. The van der Waals surface area contributed by atoms with E-state index < -0.39 is 0 Å². The van der Waals surface area contributed by atoms with Gasteiger partial charge in [-0.25, -0.2) is 0 Å². The van der Waals surface area contributed by atoms with Crippen LogP contribution in [0.25, 0.3) is 0 Å². The van der Waals surface area contributed by atoms with Crippen LogP contribution in [0.3, 0.4) is 0 Å². The minimum atomic E-state index is -0.302. The summed E-state index contributed by atoms with van der Waals surface area (Å²) in [4.78, 5) is 13.3. The summed E-state index contributed by atoms with van der Waals surface area (Å²) in [5, 5.41) is 10.9. The third-order valence-electron chi connectivity index (χ3n) is 13.6. The van der Waals surface area contributed by atoms with Crippen LogP contribution in [0.1, 0.15) is 106 Å². The maximum absolute atomic E-state index is 13.3. The molecule has 3 nitrogen and oxygen atoms in total. The number of methoxy groups -OCH3 is 1. The molecule has 5 aliphatic rings. The summed E-state index contributed by atoms with van der Waals surface area (Å²) in [6.07, 6.45) is 11.1. The molecule has 0 saturated heterocycles. The number of esters is 1. The molecule has 5 rings (SSSR count). The second-order valence-electron chi connectivity index (χ2n) is 14.7. The van der Waals surface area contributed by atoms with E-state index >= 15 is 0 Å². The fraction of sp³-hybridized carbons (Fsp3) is 0.903. The Kier molecular flexibility index (Phi) is 5.55. The smallest absolute Gasteiger partial charge is 0.312 e. The zero-order valence-electron chi connectivity index (χ0n) is 23.0. The average Bonchev–Trinajstić information content (AvgIpc) is 3.18. The van der Waals surface area contributed by atoms with Gasteiger partial charge in [-0.05, 0) is 122 Å². The second-order valence-corrected chi connectivity index (χ2v) is 14.7. The van der Waals surface area contributed by atoms with Gasteiger partial charge in [0, 0.05) is 0 Å². The highest BCUT2D eigenvalue weighted by atomic mass is 16.5. The number of carbonyl (C=O) groups excluding carboxylic acids is 1. The Bertz CT molecular complexity index is 876. The molecule has 3 heteroatoms. The molecule has 0 aliphatic heterocycles. The summed E-state index contributed by atoms with van der Waals surface area (Å²) in [6.45, 7) is 19.1. The van der Waals surface area contributed by atoms with Gasteiger partial charge in [0.15, 0.2) is 0 Å². The molecule has 5 fully saturated rings. The number of hydrogen-bond acceptors (Lipinski definition) is 3. The van der Waals surface area contributed by atoms with Crippen molar-refractivity contribution in [3.8, 4) is 0 Å². The monoisotopic (exact) mass is 470 g/mol. The number of carbonyl (C=O) groups is 1. The molecule has 0 aromatic heterocycles. The van der Waals surface area contributed by atoms with E-state index in [1.54, 1.807) is 7.11 Å². The zero-order chi connectivity index (χ0) is 24.9. The van der Waals surface area contributed by atoms with E-state index in [-0.39, 0.29) is 33.7 Å². The van der Waals surface area contributed by atoms with Crippen molar-refractivity contribution in [2.45, 2.75) is 112 Å². The molecule has 10 atom stereocenters. The van der Waals surface area contributed by atoms with Crippen LogP contribution in [0.15, 0.2) is 12.2 Å². The van der Waals surface area contributed by atoms with Gasteiger partial charge >= 0.3 is 5.97 Å². The quantitative estimate of drug-likeness (QED) is 0.343. The Hall–Kier alpha value is -0.830. The SMILES string of the molecule is C=C(C)[C@H]1CC[C@]2(C(=O)OC)CC[C@]3(C)[C@H](CC[C@H]4[C@]5(C)CC[C@@H](O)C(C)(C)[C@@H]5CC[C@]43C)[C@H]12. The number of rotatable bonds is 2. The van der Waals surface area contributed by atoms with Crippen molar-refractivity contribution in [2.24, 2.45) is 56.7 Å². The van der Waals surface area contributed by atoms with Crippen LogP contribution in [0.5, 0.6) is 0 Å². The first-order valence-corrected chi connectivity index (χ1v) is 14.2. The molecule has 0 aromatic carbocycles. The average molecular weight is 471 g/mol. The Balaban J connectivity index is 1.56. The van der Waals surface area contributed by atoms with E-state index in [0.717, 1.165) is 38.5 Å². The van der Waals surface area contributed by atoms with Crippen molar-refractivity contribution in [3.05, 3.63) is 12.2 Å². The molecule has 5 saturated carbocycles. The highest BCUT2D eigenvalue weighted by Gasteiger charge is 2.72. The summed E-state index contributed by atoms with van der Waals surface area (Å²) in [7, 11) is 1.59. The van der Waals surface area contributed by atoms with Gasteiger partial charge in [0.05, 0.1) is 18.6 Å². The second kappa shape index (κ2) is 7.59.